The van der Waals surface area contributed by atoms with Crippen molar-refractivity contribution in [1.29, 1.82) is 0 Å². The number of hydrogen-bond acceptors (Lipinski definition) is 8. The number of rotatable bonds is 7. The van der Waals surface area contributed by atoms with Crippen LogP contribution in [-0.4, -0.2) is 43.7 Å². The highest BCUT2D eigenvalue weighted by atomic mass is 32.1. The maximum atomic E-state index is 13.3. The number of thiazole rings is 1. The molecule has 0 fully saturated rings. The molecule has 34 heavy (non-hydrogen) atoms. The summed E-state index contributed by atoms with van der Waals surface area (Å²) in [6, 6.07) is 16.5. The summed E-state index contributed by atoms with van der Waals surface area (Å²) >= 11 is 1.55. The lowest BCUT2D eigenvalue weighted by atomic mass is 10.0. The number of carbonyl (C=O) groups is 2. The van der Waals surface area contributed by atoms with Gasteiger partial charge in [-0.1, -0.05) is 42.5 Å². The Balaban J connectivity index is 1.35. The van der Waals surface area contributed by atoms with E-state index in [-0.39, 0.29) is 11.5 Å². The minimum atomic E-state index is -0.627. The molecule has 1 aliphatic rings. The third kappa shape index (κ3) is 4.72. The molecule has 172 valence electrons. The Morgan fingerprint density at radius 3 is 2.62 bits per heavy atom. The van der Waals surface area contributed by atoms with Crippen LogP contribution >= 0.6 is 11.3 Å². The third-order valence-electron chi connectivity index (χ3n) is 5.60. The number of carbonyl (C=O) groups excluding carboxylic acids is 2. The fraction of sp³-hybridized carbons (Fsp3) is 0.250. The van der Waals surface area contributed by atoms with Crippen LogP contribution in [0.1, 0.15) is 39.3 Å². The number of aryl methyl sites for hydroxylation is 2. The molecule has 10 heteroatoms. The summed E-state index contributed by atoms with van der Waals surface area (Å²) < 4.78 is 6.81. The number of hydrogen-bond donors (Lipinski definition) is 0. The number of tetrazole rings is 1. The van der Waals surface area contributed by atoms with Crippen molar-refractivity contribution in [3.8, 4) is 5.69 Å². The molecule has 0 aliphatic heterocycles. The molecule has 0 atom stereocenters. The van der Waals surface area contributed by atoms with Crippen LogP contribution in [0.15, 0.2) is 60.9 Å². The third-order valence-corrected chi connectivity index (χ3v) is 6.78. The van der Waals surface area contributed by atoms with Gasteiger partial charge in [-0.2, -0.15) is 4.68 Å². The number of fused-ring (bicyclic) bond motifs is 1. The smallest absolute Gasteiger partial charge is 0.340 e. The molecule has 0 saturated carbocycles. The van der Waals surface area contributed by atoms with Crippen LogP contribution in [0.4, 0.5) is 5.13 Å². The Morgan fingerprint density at radius 1 is 1.03 bits per heavy atom. The van der Waals surface area contributed by atoms with Crippen molar-refractivity contribution in [3.63, 3.8) is 0 Å². The summed E-state index contributed by atoms with van der Waals surface area (Å²) in [7, 11) is 0. The Labute approximate surface area is 200 Å². The number of anilines is 1. The lowest BCUT2D eigenvalue weighted by Gasteiger charge is -2.20. The second kappa shape index (κ2) is 9.92. The van der Waals surface area contributed by atoms with E-state index < -0.39 is 12.6 Å². The summed E-state index contributed by atoms with van der Waals surface area (Å²) in [5.41, 5.74) is 2.78. The van der Waals surface area contributed by atoms with Gasteiger partial charge in [0.2, 0.25) is 0 Å². The second-order valence-electron chi connectivity index (χ2n) is 7.89. The van der Waals surface area contributed by atoms with Gasteiger partial charge in [-0.15, -0.1) is 16.4 Å². The fourth-order valence-corrected chi connectivity index (χ4v) is 5.05. The maximum absolute atomic E-state index is 13.3. The average Bonchev–Trinajstić information content (AvgIpc) is 3.56. The Kier molecular flexibility index (Phi) is 6.39. The number of aromatic nitrogens is 5. The summed E-state index contributed by atoms with van der Waals surface area (Å²) in [6.07, 6.45) is 5.56. The Bertz CT molecular complexity index is 1270. The number of para-hydroxylation sites is 1. The van der Waals surface area contributed by atoms with Gasteiger partial charge in [0.25, 0.3) is 5.91 Å². The summed E-state index contributed by atoms with van der Waals surface area (Å²) in [5, 5.41) is 11.7. The van der Waals surface area contributed by atoms with Gasteiger partial charge in [-0.05, 0) is 53.8 Å². The molecule has 2 aromatic carbocycles. The lowest BCUT2D eigenvalue weighted by Crippen LogP contribution is -2.34. The first-order chi connectivity index (χ1) is 16.7. The average molecular weight is 475 g/mol. The second-order valence-corrected chi connectivity index (χ2v) is 8.95. The highest BCUT2D eigenvalue weighted by Crippen LogP contribution is 2.32. The van der Waals surface area contributed by atoms with Crippen molar-refractivity contribution in [2.75, 3.05) is 11.5 Å². The van der Waals surface area contributed by atoms with E-state index in [1.165, 1.54) is 15.9 Å². The van der Waals surface area contributed by atoms with E-state index in [1.807, 2.05) is 30.3 Å². The molecule has 2 heterocycles. The number of nitrogens with zero attached hydrogens (tertiary/aromatic N) is 6. The number of amides is 1. The SMILES string of the molecule is O=C(OCC(=O)N(Cc1ccccc1)c1nc2c(s1)CCCC2)c1ccccc1-n1cnnn1. The number of ether oxygens (including phenoxy) is 1. The molecule has 0 saturated heterocycles. The van der Waals surface area contributed by atoms with E-state index >= 15 is 0 Å². The van der Waals surface area contributed by atoms with E-state index in [0.29, 0.717) is 17.4 Å². The van der Waals surface area contributed by atoms with Crippen LogP contribution in [0.25, 0.3) is 5.69 Å². The summed E-state index contributed by atoms with van der Waals surface area (Å²) in [4.78, 5) is 33.7. The van der Waals surface area contributed by atoms with Gasteiger partial charge < -0.3 is 4.74 Å². The predicted molar refractivity (Wildman–Crippen MR) is 126 cm³/mol. The summed E-state index contributed by atoms with van der Waals surface area (Å²) in [6.45, 7) is -0.0509. The van der Waals surface area contributed by atoms with E-state index in [2.05, 4.69) is 15.5 Å². The molecule has 1 aliphatic carbocycles. The molecule has 0 radical (unpaired) electrons. The first kappa shape index (κ1) is 21.9. The van der Waals surface area contributed by atoms with Crippen LogP contribution in [0.3, 0.4) is 0 Å². The molecule has 9 nitrogen and oxygen atoms in total. The van der Waals surface area contributed by atoms with Crippen molar-refractivity contribution in [2.45, 2.75) is 32.2 Å². The highest BCUT2D eigenvalue weighted by molar-refractivity contribution is 7.15. The predicted octanol–water partition coefficient (Wildman–Crippen LogP) is 3.39. The molecule has 0 unspecified atom stereocenters. The molecule has 0 N–H and O–H groups in total. The quantitative estimate of drug-likeness (QED) is 0.378. The van der Waals surface area contributed by atoms with E-state index in [0.717, 1.165) is 36.9 Å². The van der Waals surface area contributed by atoms with Crippen molar-refractivity contribution in [1.82, 2.24) is 25.2 Å². The zero-order valence-electron chi connectivity index (χ0n) is 18.3. The molecule has 2 aromatic heterocycles. The van der Waals surface area contributed by atoms with E-state index in [1.54, 1.807) is 40.5 Å². The van der Waals surface area contributed by atoms with Crippen molar-refractivity contribution in [3.05, 3.63) is 82.6 Å². The summed E-state index contributed by atoms with van der Waals surface area (Å²) in [5.74, 6) is -0.958. The van der Waals surface area contributed by atoms with Gasteiger partial charge in [0, 0.05) is 4.88 Å². The van der Waals surface area contributed by atoms with Gasteiger partial charge in [0.1, 0.15) is 6.33 Å². The monoisotopic (exact) mass is 474 g/mol. The minimum absolute atomic E-state index is 0.266. The molecular formula is C24H22N6O3S. The number of benzene rings is 2. The van der Waals surface area contributed by atoms with Gasteiger partial charge >= 0.3 is 5.97 Å². The van der Waals surface area contributed by atoms with Crippen LogP contribution in [0, 0.1) is 0 Å². The largest absolute Gasteiger partial charge is 0.452 e. The number of esters is 1. The Morgan fingerprint density at radius 2 is 1.82 bits per heavy atom. The van der Waals surface area contributed by atoms with Crippen LogP contribution in [-0.2, 0) is 28.9 Å². The zero-order valence-corrected chi connectivity index (χ0v) is 19.1. The van der Waals surface area contributed by atoms with Gasteiger partial charge in [-0.25, -0.2) is 9.78 Å². The minimum Gasteiger partial charge on any atom is -0.452 e. The van der Waals surface area contributed by atoms with Crippen LogP contribution in [0.2, 0.25) is 0 Å². The first-order valence-corrected chi connectivity index (χ1v) is 11.8. The normalized spacial score (nSPS) is 12.7. The van der Waals surface area contributed by atoms with Gasteiger partial charge in [0.15, 0.2) is 11.7 Å². The van der Waals surface area contributed by atoms with Crippen molar-refractivity contribution < 1.29 is 14.3 Å². The highest BCUT2D eigenvalue weighted by Gasteiger charge is 2.25. The molecule has 0 spiro atoms. The van der Waals surface area contributed by atoms with E-state index in [4.69, 9.17) is 9.72 Å². The van der Waals surface area contributed by atoms with Gasteiger partial charge in [0.05, 0.1) is 23.5 Å². The van der Waals surface area contributed by atoms with Crippen LogP contribution < -0.4 is 4.90 Å². The molecular weight excluding hydrogens is 452 g/mol. The zero-order chi connectivity index (χ0) is 23.3. The molecule has 0 bridgehead atoms. The maximum Gasteiger partial charge on any atom is 0.340 e. The molecule has 5 rings (SSSR count). The first-order valence-electron chi connectivity index (χ1n) is 11.0. The van der Waals surface area contributed by atoms with Crippen molar-refractivity contribution >= 4 is 28.3 Å². The van der Waals surface area contributed by atoms with Gasteiger partial charge in [-0.3, -0.25) is 9.69 Å². The van der Waals surface area contributed by atoms with E-state index in [9.17, 15) is 9.59 Å². The molecule has 1 amide bonds. The lowest BCUT2D eigenvalue weighted by molar-refractivity contribution is -0.121. The fourth-order valence-electron chi connectivity index (χ4n) is 3.88. The Hall–Kier alpha value is -3.92. The van der Waals surface area contributed by atoms with Crippen LogP contribution in [0.5, 0.6) is 0 Å². The standard InChI is InChI=1S/C24H22N6O3S/c31-22(15-33-23(32)18-10-4-6-12-20(18)30-16-25-27-28-30)29(14-17-8-2-1-3-9-17)24-26-19-11-5-7-13-21(19)34-24/h1-4,6,8-10,12,16H,5,7,11,13-15H2. The molecule has 4 aromatic rings. The van der Waals surface area contributed by atoms with Crippen molar-refractivity contribution in [2.24, 2.45) is 0 Å². The topological polar surface area (TPSA) is 103 Å².